The molecule has 20 heavy (non-hydrogen) atoms. The Hall–Kier alpha value is -2.83. The number of primary amides is 1. The van der Waals surface area contributed by atoms with Crippen molar-refractivity contribution in [1.29, 1.82) is 0 Å². The number of amides is 1. The number of carbonyl (C=O) groups excluding carboxylic acids is 2. The van der Waals surface area contributed by atoms with Crippen LogP contribution in [0.25, 0.3) is 5.69 Å². The molecule has 1 aromatic heterocycles. The van der Waals surface area contributed by atoms with Crippen molar-refractivity contribution >= 4 is 17.6 Å². The van der Waals surface area contributed by atoms with Gasteiger partial charge in [-0.3, -0.25) is 4.79 Å². The first kappa shape index (κ1) is 13.6. The second-order valence-electron chi connectivity index (χ2n) is 4.06. The van der Waals surface area contributed by atoms with Crippen LogP contribution in [0.15, 0.2) is 36.5 Å². The minimum atomic E-state index is -0.612. The number of anilines is 1. The molecular weight excluding hydrogens is 260 g/mol. The Kier molecular flexibility index (Phi) is 3.99. The van der Waals surface area contributed by atoms with E-state index in [0.29, 0.717) is 11.4 Å². The molecule has 0 aliphatic carbocycles. The summed E-state index contributed by atoms with van der Waals surface area (Å²) in [6.07, 6.45) is 1.59. The number of ether oxygens (including phenoxy) is 1. The zero-order valence-electron chi connectivity index (χ0n) is 10.7. The van der Waals surface area contributed by atoms with Crippen molar-refractivity contribution in [2.75, 3.05) is 12.3 Å². The monoisotopic (exact) mass is 274 g/mol. The van der Waals surface area contributed by atoms with E-state index in [1.54, 1.807) is 24.4 Å². The molecule has 104 valence electrons. The maximum atomic E-state index is 11.7. The summed E-state index contributed by atoms with van der Waals surface area (Å²) in [4.78, 5) is 22.2. The van der Waals surface area contributed by atoms with Crippen molar-refractivity contribution < 1.29 is 14.3 Å². The van der Waals surface area contributed by atoms with E-state index in [1.165, 1.54) is 10.7 Å². The molecule has 0 saturated carbocycles. The fourth-order valence-corrected chi connectivity index (χ4v) is 1.58. The first-order chi connectivity index (χ1) is 9.58. The van der Waals surface area contributed by atoms with Gasteiger partial charge in [0.25, 0.3) is 0 Å². The van der Waals surface area contributed by atoms with Crippen LogP contribution >= 0.6 is 0 Å². The molecule has 0 fully saturated rings. The highest BCUT2D eigenvalue weighted by atomic mass is 16.5. The van der Waals surface area contributed by atoms with Gasteiger partial charge in [-0.1, -0.05) is 12.1 Å². The molecule has 1 heterocycles. The summed E-state index contributed by atoms with van der Waals surface area (Å²) in [6.45, 7) is -0.0610. The van der Waals surface area contributed by atoms with E-state index in [-0.39, 0.29) is 18.7 Å². The number of carbonyl (C=O) groups is 2. The first-order valence-electron chi connectivity index (χ1n) is 5.94. The van der Waals surface area contributed by atoms with Crippen molar-refractivity contribution in [3.05, 3.63) is 42.2 Å². The number of para-hydroxylation sites is 2. The van der Waals surface area contributed by atoms with E-state index >= 15 is 0 Å². The lowest BCUT2D eigenvalue weighted by Gasteiger charge is -2.04. The molecular formula is C13H14N4O3. The fourth-order valence-electron chi connectivity index (χ4n) is 1.58. The van der Waals surface area contributed by atoms with Gasteiger partial charge in [0.05, 0.1) is 17.8 Å². The highest BCUT2D eigenvalue weighted by Gasteiger charge is 2.12. The minimum absolute atomic E-state index is 0.0158. The van der Waals surface area contributed by atoms with Crippen LogP contribution in [0.2, 0.25) is 0 Å². The van der Waals surface area contributed by atoms with Gasteiger partial charge in [0, 0.05) is 6.20 Å². The smallest absolute Gasteiger partial charge is 0.358 e. The number of benzene rings is 1. The zero-order valence-corrected chi connectivity index (χ0v) is 10.7. The maximum Gasteiger partial charge on any atom is 0.358 e. The van der Waals surface area contributed by atoms with Gasteiger partial charge in [-0.15, -0.1) is 0 Å². The van der Waals surface area contributed by atoms with E-state index in [0.717, 1.165) is 0 Å². The summed E-state index contributed by atoms with van der Waals surface area (Å²) in [5, 5.41) is 4.08. The third-order valence-electron chi connectivity index (χ3n) is 2.56. The number of hydrogen-bond acceptors (Lipinski definition) is 5. The van der Waals surface area contributed by atoms with Crippen LogP contribution in [-0.4, -0.2) is 28.3 Å². The Morgan fingerprint density at radius 2 is 2.00 bits per heavy atom. The molecule has 0 bridgehead atoms. The predicted molar refractivity (Wildman–Crippen MR) is 72.1 cm³/mol. The van der Waals surface area contributed by atoms with Crippen molar-refractivity contribution in [3.8, 4) is 5.69 Å². The molecule has 7 heteroatoms. The normalized spacial score (nSPS) is 10.2. The Labute approximate surface area is 115 Å². The summed E-state index contributed by atoms with van der Waals surface area (Å²) >= 11 is 0. The number of nitrogen functional groups attached to an aromatic ring is 1. The number of nitrogens with two attached hydrogens (primary N) is 2. The molecule has 0 unspecified atom stereocenters. The molecule has 7 nitrogen and oxygen atoms in total. The highest BCUT2D eigenvalue weighted by molar-refractivity contribution is 5.87. The van der Waals surface area contributed by atoms with Crippen LogP contribution in [0.4, 0.5) is 5.69 Å². The van der Waals surface area contributed by atoms with Crippen LogP contribution in [0.5, 0.6) is 0 Å². The summed E-state index contributed by atoms with van der Waals surface area (Å²) in [6, 6.07) is 8.66. The second-order valence-corrected chi connectivity index (χ2v) is 4.06. The van der Waals surface area contributed by atoms with Gasteiger partial charge in [0.1, 0.15) is 6.61 Å². The maximum absolute atomic E-state index is 11.7. The Balaban J connectivity index is 2.07. The van der Waals surface area contributed by atoms with Crippen molar-refractivity contribution in [2.24, 2.45) is 5.73 Å². The average molecular weight is 274 g/mol. The standard InChI is InChI=1S/C13H14N4O3/c14-9-3-1-2-4-11(9)17-7-5-10(16-17)13(19)20-8-6-12(15)18/h1-5,7H,6,8,14H2,(H2,15,18). The molecule has 0 spiro atoms. The third-order valence-corrected chi connectivity index (χ3v) is 2.56. The molecule has 0 aliphatic heterocycles. The SMILES string of the molecule is NC(=O)CCOC(=O)c1ccn(-c2ccccc2N)n1. The number of hydrogen-bond donors (Lipinski definition) is 2. The lowest BCUT2D eigenvalue weighted by Crippen LogP contribution is -2.16. The molecule has 0 radical (unpaired) electrons. The number of rotatable bonds is 5. The molecule has 0 atom stereocenters. The fraction of sp³-hybridized carbons (Fsp3) is 0.154. The summed E-state index contributed by atoms with van der Waals surface area (Å²) in [5.74, 6) is -1.14. The van der Waals surface area contributed by atoms with Crippen LogP contribution in [-0.2, 0) is 9.53 Å². The molecule has 1 amide bonds. The molecule has 0 aliphatic rings. The zero-order chi connectivity index (χ0) is 14.5. The molecule has 0 saturated heterocycles. The highest BCUT2D eigenvalue weighted by Crippen LogP contribution is 2.15. The van der Waals surface area contributed by atoms with Crippen molar-refractivity contribution in [1.82, 2.24) is 9.78 Å². The Bertz CT molecular complexity index is 636. The lowest BCUT2D eigenvalue weighted by atomic mass is 10.3. The molecule has 1 aromatic carbocycles. The largest absolute Gasteiger partial charge is 0.460 e. The first-order valence-corrected chi connectivity index (χ1v) is 5.94. The molecule has 4 N–H and O–H groups in total. The summed E-state index contributed by atoms with van der Waals surface area (Å²) < 4.78 is 6.36. The number of esters is 1. The van der Waals surface area contributed by atoms with Crippen LogP contribution < -0.4 is 11.5 Å². The van der Waals surface area contributed by atoms with Crippen molar-refractivity contribution in [2.45, 2.75) is 6.42 Å². The molecule has 2 aromatic rings. The Morgan fingerprint density at radius 1 is 1.25 bits per heavy atom. The van der Waals surface area contributed by atoms with Gasteiger partial charge in [-0.25, -0.2) is 9.48 Å². The van der Waals surface area contributed by atoms with Crippen LogP contribution in [0, 0.1) is 0 Å². The van der Waals surface area contributed by atoms with Gasteiger partial charge in [-0.05, 0) is 18.2 Å². The van der Waals surface area contributed by atoms with E-state index < -0.39 is 11.9 Å². The van der Waals surface area contributed by atoms with E-state index in [4.69, 9.17) is 16.2 Å². The lowest BCUT2D eigenvalue weighted by molar-refractivity contribution is -0.118. The van der Waals surface area contributed by atoms with E-state index in [9.17, 15) is 9.59 Å². The van der Waals surface area contributed by atoms with Crippen molar-refractivity contribution in [3.63, 3.8) is 0 Å². The van der Waals surface area contributed by atoms with Gasteiger partial charge < -0.3 is 16.2 Å². The minimum Gasteiger partial charge on any atom is -0.460 e. The second kappa shape index (κ2) is 5.87. The van der Waals surface area contributed by atoms with Crippen LogP contribution in [0.1, 0.15) is 16.9 Å². The van der Waals surface area contributed by atoms with E-state index in [2.05, 4.69) is 5.10 Å². The third kappa shape index (κ3) is 3.14. The summed E-state index contributed by atoms with van der Waals surface area (Å²) in [5.41, 5.74) is 12.1. The van der Waals surface area contributed by atoms with E-state index in [1.807, 2.05) is 6.07 Å². The number of nitrogens with zero attached hydrogens (tertiary/aromatic N) is 2. The Morgan fingerprint density at radius 3 is 2.70 bits per heavy atom. The predicted octanol–water partition coefficient (Wildman–Crippen LogP) is 0.487. The topological polar surface area (TPSA) is 113 Å². The van der Waals surface area contributed by atoms with Gasteiger partial charge >= 0.3 is 5.97 Å². The van der Waals surface area contributed by atoms with Crippen LogP contribution in [0.3, 0.4) is 0 Å². The summed E-state index contributed by atoms with van der Waals surface area (Å²) in [7, 11) is 0. The molecule has 2 rings (SSSR count). The van der Waals surface area contributed by atoms with Gasteiger partial charge in [-0.2, -0.15) is 5.10 Å². The number of aromatic nitrogens is 2. The average Bonchev–Trinajstić information content (AvgIpc) is 2.88. The quantitative estimate of drug-likeness (QED) is 0.608. The van der Waals surface area contributed by atoms with Gasteiger partial charge in [0.15, 0.2) is 5.69 Å². The van der Waals surface area contributed by atoms with Gasteiger partial charge in [0.2, 0.25) is 5.91 Å².